The van der Waals surface area contributed by atoms with Gasteiger partial charge in [0.25, 0.3) is 5.91 Å². The second kappa shape index (κ2) is 10.5. The average molecular weight is 445 g/mol. The van der Waals surface area contributed by atoms with Gasteiger partial charge in [-0.25, -0.2) is 4.39 Å². The summed E-state index contributed by atoms with van der Waals surface area (Å²) in [5.41, 5.74) is 1.62. The number of carbonyl (C=O) groups excluding carboxylic acids is 1. The van der Waals surface area contributed by atoms with E-state index < -0.39 is 5.97 Å². The van der Waals surface area contributed by atoms with Crippen LogP contribution in [0.2, 0.25) is 0 Å². The second-order valence-electron chi connectivity index (χ2n) is 8.14. The van der Waals surface area contributed by atoms with Gasteiger partial charge in [-0.05, 0) is 49.2 Å². The predicted octanol–water partition coefficient (Wildman–Crippen LogP) is 2.96. The fourth-order valence-electron chi connectivity index (χ4n) is 3.93. The molecular weight excluding hydrogens is 415 g/mol. The molecule has 0 bridgehead atoms. The first-order chi connectivity index (χ1) is 15.3. The molecule has 1 aliphatic heterocycles. The molecule has 0 unspecified atom stereocenters. The number of piperazine rings is 1. The summed E-state index contributed by atoms with van der Waals surface area (Å²) in [5.74, 6) is -0.522. The average Bonchev–Trinajstić information content (AvgIpc) is 2.75. The van der Waals surface area contributed by atoms with E-state index in [1.54, 1.807) is 30.3 Å². The van der Waals surface area contributed by atoms with Crippen molar-refractivity contribution >= 4 is 11.9 Å². The molecule has 2 atom stereocenters. The van der Waals surface area contributed by atoms with Crippen LogP contribution in [0.25, 0.3) is 0 Å². The van der Waals surface area contributed by atoms with Crippen molar-refractivity contribution in [1.29, 1.82) is 0 Å². The monoisotopic (exact) mass is 444 g/mol. The van der Waals surface area contributed by atoms with Gasteiger partial charge in [0, 0.05) is 31.7 Å². The third kappa shape index (κ3) is 5.97. The molecule has 0 radical (unpaired) electrons. The summed E-state index contributed by atoms with van der Waals surface area (Å²) in [4.78, 5) is 27.9. The molecule has 2 aromatic rings. The zero-order chi connectivity index (χ0) is 23.3. The molecule has 7 nitrogen and oxygen atoms in total. The number of rotatable bonds is 8. The van der Waals surface area contributed by atoms with Gasteiger partial charge in [-0.3, -0.25) is 14.5 Å². The normalized spacial score (nSPS) is 18.9. The molecule has 3 rings (SSSR count). The van der Waals surface area contributed by atoms with Gasteiger partial charge in [0.15, 0.2) is 18.1 Å². The minimum atomic E-state index is -0.933. The minimum absolute atomic E-state index is 0.00239. The number of aliphatic carboxylic acids is 1. The molecule has 0 saturated carbocycles. The largest absolute Gasteiger partial charge is 0.493 e. The smallest absolute Gasteiger partial charge is 0.307 e. The Morgan fingerprint density at radius 1 is 1.03 bits per heavy atom. The summed E-state index contributed by atoms with van der Waals surface area (Å²) in [6.07, 6.45) is -0.118. The molecular formula is C24H29FN2O5. The number of benzene rings is 2. The summed E-state index contributed by atoms with van der Waals surface area (Å²) in [6.45, 7) is 5.91. The van der Waals surface area contributed by atoms with Crippen molar-refractivity contribution in [3.63, 3.8) is 0 Å². The Morgan fingerprint density at radius 2 is 1.72 bits per heavy atom. The predicted molar refractivity (Wildman–Crippen MR) is 117 cm³/mol. The highest BCUT2D eigenvalue weighted by Crippen LogP contribution is 2.28. The van der Waals surface area contributed by atoms with E-state index in [2.05, 4.69) is 11.8 Å². The van der Waals surface area contributed by atoms with E-state index in [9.17, 15) is 14.0 Å². The van der Waals surface area contributed by atoms with Crippen LogP contribution in [-0.4, -0.2) is 65.7 Å². The summed E-state index contributed by atoms with van der Waals surface area (Å²) in [6, 6.07) is 11.5. The van der Waals surface area contributed by atoms with Gasteiger partial charge in [0.2, 0.25) is 0 Å². The van der Waals surface area contributed by atoms with Crippen molar-refractivity contribution in [1.82, 2.24) is 9.80 Å². The number of hydrogen-bond donors (Lipinski definition) is 1. The maximum atomic E-state index is 13.2. The van der Waals surface area contributed by atoms with Crippen molar-refractivity contribution in [3.8, 4) is 11.5 Å². The van der Waals surface area contributed by atoms with Crippen LogP contribution in [-0.2, 0) is 22.6 Å². The molecule has 0 aliphatic carbocycles. The maximum Gasteiger partial charge on any atom is 0.307 e. The summed E-state index contributed by atoms with van der Waals surface area (Å²) in [5, 5.41) is 8.94. The lowest BCUT2D eigenvalue weighted by molar-refractivity contribution is -0.139. The maximum absolute atomic E-state index is 13.2. The number of nitrogens with zero attached hydrogens (tertiary/aromatic N) is 2. The quantitative estimate of drug-likeness (QED) is 0.675. The standard InChI is InChI=1S/C24H29FN2O5/c1-16-13-27(17(2)12-26(16)14-18-4-7-20(25)8-5-18)23(28)15-32-21-9-6-19(11-24(29)30)10-22(21)31-3/h4-10,16-17H,11-15H2,1-3H3,(H,29,30)/t16-,17+/m0/s1. The van der Waals surface area contributed by atoms with E-state index in [1.807, 2.05) is 11.8 Å². The number of ether oxygens (including phenoxy) is 2. The molecule has 0 spiro atoms. The third-order valence-electron chi connectivity index (χ3n) is 5.67. The highest BCUT2D eigenvalue weighted by molar-refractivity contribution is 5.78. The highest BCUT2D eigenvalue weighted by atomic mass is 19.1. The Labute approximate surface area is 187 Å². The summed E-state index contributed by atoms with van der Waals surface area (Å²) < 4.78 is 24.2. The lowest BCUT2D eigenvalue weighted by Gasteiger charge is -2.44. The van der Waals surface area contributed by atoms with Gasteiger partial charge >= 0.3 is 5.97 Å². The minimum Gasteiger partial charge on any atom is -0.493 e. The molecule has 1 N–H and O–H groups in total. The van der Waals surface area contributed by atoms with Gasteiger partial charge in [-0.1, -0.05) is 18.2 Å². The van der Waals surface area contributed by atoms with Gasteiger partial charge in [-0.15, -0.1) is 0 Å². The fourth-order valence-corrected chi connectivity index (χ4v) is 3.93. The van der Waals surface area contributed by atoms with Crippen molar-refractivity contribution in [3.05, 3.63) is 59.4 Å². The van der Waals surface area contributed by atoms with Crippen LogP contribution in [0, 0.1) is 5.82 Å². The summed E-state index contributed by atoms with van der Waals surface area (Å²) >= 11 is 0. The Bertz CT molecular complexity index is 950. The first-order valence-electron chi connectivity index (χ1n) is 10.6. The third-order valence-corrected chi connectivity index (χ3v) is 5.67. The fraction of sp³-hybridized carbons (Fsp3) is 0.417. The van der Waals surface area contributed by atoms with Gasteiger partial charge in [0.05, 0.1) is 13.5 Å². The van der Waals surface area contributed by atoms with Gasteiger partial charge < -0.3 is 19.5 Å². The molecule has 2 aromatic carbocycles. The lowest BCUT2D eigenvalue weighted by atomic mass is 10.1. The van der Waals surface area contributed by atoms with E-state index in [-0.39, 0.29) is 36.8 Å². The second-order valence-corrected chi connectivity index (χ2v) is 8.14. The molecule has 1 heterocycles. The number of amides is 1. The highest BCUT2D eigenvalue weighted by Gasteiger charge is 2.32. The van der Waals surface area contributed by atoms with Gasteiger partial charge in [0.1, 0.15) is 5.82 Å². The van der Waals surface area contributed by atoms with Crippen LogP contribution < -0.4 is 9.47 Å². The Kier molecular flexibility index (Phi) is 7.69. The van der Waals surface area contributed by atoms with E-state index in [4.69, 9.17) is 14.6 Å². The zero-order valence-corrected chi connectivity index (χ0v) is 18.6. The number of hydrogen-bond acceptors (Lipinski definition) is 5. The zero-order valence-electron chi connectivity index (χ0n) is 18.6. The number of carboxylic acids is 1. The van der Waals surface area contributed by atoms with Gasteiger partial charge in [-0.2, -0.15) is 0 Å². The number of carbonyl (C=O) groups is 2. The number of halogens is 1. The van der Waals surface area contributed by atoms with Crippen molar-refractivity contribution in [2.45, 2.75) is 38.9 Å². The molecule has 1 amide bonds. The van der Waals surface area contributed by atoms with Crippen LogP contribution in [0.1, 0.15) is 25.0 Å². The van der Waals surface area contributed by atoms with Crippen LogP contribution in [0.4, 0.5) is 4.39 Å². The van der Waals surface area contributed by atoms with Crippen LogP contribution in [0.5, 0.6) is 11.5 Å². The molecule has 172 valence electrons. The van der Waals surface area contributed by atoms with E-state index in [0.717, 1.165) is 5.56 Å². The molecule has 32 heavy (non-hydrogen) atoms. The molecule has 1 saturated heterocycles. The molecule has 8 heteroatoms. The Balaban J connectivity index is 1.58. The van der Waals surface area contributed by atoms with E-state index >= 15 is 0 Å². The van der Waals surface area contributed by atoms with Crippen LogP contribution in [0.15, 0.2) is 42.5 Å². The first-order valence-corrected chi connectivity index (χ1v) is 10.6. The molecule has 1 fully saturated rings. The lowest BCUT2D eigenvalue weighted by Crippen LogP contribution is -2.58. The first kappa shape index (κ1) is 23.5. The number of carboxylic acid groups (broad SMARTS) is 1. The van der Waals surface area contributed by atoms with Crippen molar-refractivity contribution < 1.29 is 28.6 Å². The summed E-state index contributed by atoms with van der Waals surface area (Å²) in [7, 11) is 1.47. The Hall–Kier alpha value is -3.13. The number of methoxy groups -OCH3 is 1. The Morgan fingerprint density at radius 3 is 2.38 bits per heavy atom. The molecule has 0 aromatic heterocycles. The SMILES string of the molecule is COc1cc(CC(=O)O)ccc1OCC(=O)N1C[C@H](C)N(Cc2ccc(F)cc2)C[C@H]1C. The van der Waals surface area contributed by atoms with Crippen LogP contribution in [0.3, 0.4) is 0 Å². The van der Waals surface area contributed by atoms with E-state index in [1.165, 1.54) is 19.2 Å². The van der Waals surface area contributed by atoms with E-state index in [0.29, 0.717) is 36.7 Å². The molecule has 1 aliphatic rings. The van der Waals surface area contributed by atoms with Crippen LogP contribution >= 0.6 is 0 Å². The van der Waals surface area contributed by atoms with Crippen molar-refractivity contribution in [2.75, 3.05) is 26.8 Å². The van der Waals surface area contributed by atoms with Crippen molar-refractivity contribution in [2.24, 2.45) is 0 Å². The topological polar surface area (TPSA) is 79.3 Å².